The molecule has 3 rings (SSSR count). The number of nitrogens with two attached hydrogens (primary N) is 1. The molecule has 0 unspecified atom stereocenters. The Labute approximate surface area is 173 Å². The SMILES string of the molecule is Cc1nc2ncnn2c(N)c1C#CCC1(C(=O)OCC[Si](C)(C)C)CCCCC1. The maximum absolute atomic E-state index is 13.0. The van der Waals surface area contributed by atoms with Gasteiger partial charge in [0.1, 0.15) is 12.1 Å². The predicted octanol–water partition coefficient (Wildman–Crippen LogP) is 3.59. The summed E-state index contributed by atoms with van der Waals surface area (Å²) in [6.07, 6.45) is 6.81. The Morgan fingerprint density at radius 3 is 2.72 bits per heavy atom. The number of nitrogen functional groups attached to an aromatic ring is 1. The zero-order chi connectivity index (χ0) is 21.1. The van der Waals surface area contributed by atoms with Crippen molar-refractivity contribution in [2.24, 2.45) is 5.41 Å². The molecule has 29 heavy (non-hydrogen) atoms. The second kappa shape index (κ2) is 8.53. The van der Waals surface area contributed by atoms with Gasteiger partial charge in [-0.1, -0.05) is 50.7 Å². The van der Waals surface area contributed by atoms with Gasteiger partial charge in [-0.15, -0.1) is 0 Å². The molecule has 0 bridgehead atoms. The molecule has 0 radical (unpaired) electrons. The van der Waals surface area contributed by atoms with E-state index in [4.69, 9.17) is 10.5 Å². The number of nitrogens with zero attached hydrogens (tertiary/aromatic N) is 4. The van der Waals surface area contributed by atoms with E-state index >= 15 is 0 Å². The topological polar surface area (TPSA) is 95.4 Å². The third-order valence-electron chi connectivity index (χ3n) is 5.61. The van der Waals surface area contributed by atoms with E-state index in [9.17, 15) is 4.79 Å². The van der Waals surface area contributed by atoms with Crippen LogP contribution in [-0.4, -0.2) is 40.2 Å². The van der Waals surface area contributed by atoms with Crippen molar-refractivity contribution in [3.8, 4) is 11.8 Å². The standard InChI is InChI=1S/C21H31N5O2Si/c1-16-17(18(22)26-20(25-16)23-15-24-26)9-8-12-21(10-6-5-7-11-21)19(27)28-13-14-29(2,3)4/h15H,5-7,10-14,22H2,1-4H3. The van der Waals surface area contributed by atoms with E-state index in [0.29, 0.717) is 35.9 Å². The van der Waals surface area contributed by atoms with Crippen molar-refractivity contribution in [3.63, 3.8) is 0 Å². The van der Waals surface area contributed by atoms with Gasteiger partial charge in [0, 0.05) is 14.5 Å². The average Bonchev–Trinajstić information content (AvgIpc) is 3.12. The van der Waals surface area contributed by atoms with Crippen molar-refractivity contribution in [3.05, 3.63) is 17.6 Å². The highest BCUT2D eigenvalue weighted by Gasteiger charge is 2.40. The molecule has 2 heterocycles. The minimum atomic E-state index is -1.24. The van der Waals surface area contributed by atoms with Gasteiger partial charge in [0.05, 0.1) is 23.3 Å². The fraction of sp³-hybridized carbons (Fsp3) is 0.619. The van der Waals surface area contributed by atoms with Gasteiger partial charge >= 0.3 is 5.97 Å². The molecule has 156 valence electrons. The first kappa shape index (κ1) is 21.3. The van der Waals surface area contributed by atoms with Crippen LogP contribution in [0.2, 0.25) is 25.7 Å². The fourth-order valence-electron chi connectivity index (χ4n) is 3.72. The van der Waals surface area contributed by atoms with Crippen LogP contribution in [0.25, 0.3) is 5.78 Å². The van der Waals surface area contributed by atoms with E-state index < -0.39 is 13.5 Å². The second-order valence-electron chi connectivity index (χ2n) is 9.20. The molecule has 0 atom stereocenters. The lowest BCUT2D eigenvalue weighted by molar-refractivity contribution is -0.157. The van der Waals surface area contributed by atoms with E-state index in [1.807, 2.05) is 6.92 Å². The first-order chi connectivity index (χ1) is 13.7. The molecule has 2 N–H and O–H groups in total. The van der Waals surface area contributed by atoms with E-state index in [2.05, 4.69) is 46.5 Å². The maximum atomic E-state index is 13.0. The van der Waals surface area contributed by atoms with Crippen molar-refractivity contribution in [1.29, 1.82) is 0 Å². The molecule has 1 aliphatic rings. The molecule has 7 nitrogen and oxygen atoms in total. The van der Waals surface area contributed by atoms with Gasteiger partial charge in [-0.25, -0.2) is 4.98 Å². The van der Waals surface area contributed by atoms with E-state index in [1.165, 1.54) is 10.8 Å². The first-order valence-corrected chi connectivity index (χ1v) is 14.0. The van der Waals surface area contributed by atoms with Crippen molar-refractivity contribution in [1.82, 2.24) is 19.6 Å². The number of rotatable bonds is 5. The monoisotopic (exact) mass is 413 g/mol. The molecule has 1 saturated carbocycles. The summed E-state index contributed by atoms with van der Waals surface area (Å²) in [5.41, 5.74) is 7.06. The van der Waals surface area contributed by atoms with Gasteiger partial charge in [-0.3, -0.25) is 4.79 Å². The molecular formula is C21H31N5O2Si. The molecular weight excluding hydrogens is 382 g/mol. The highest BCUT2D eigenvalue weighted by Crippen LogP contribution is 2.40. The molecule has 0 aromatic carbocycles. The number of hydrogen-bond acceptors (Lipinski definition) is 6. The van der Waals surface area contributed by atoms with Crippen LogP contribution in [0.5, 0.6) is 0 Å². The number of carbonyl (C=O) groups excluding carboxylic acids is 1. The Hall–Kier alpha value is -2.40. The third-order valence-corrected chi connectivity index (χ3v) is 7.32. The van der Waals surface area contributed by atoms with Crippen molar-refractivity contribution in [2.75, 3.05) is 12.3 Å². The Bertz CT molecular complexity index is 946. The van der Waals surface area contributed by atoms with E-state index in [0.717, 1.165) is 38.1 Å². The zero-order valence-corrected chi connectivity index (χ0v) is 18.9. The molecule has 0 saturated heterocycles. The number of hydrogen-bond donors (Lipinski definition) is 1. The molecule has 8 heteroatoms. The minimum Gasteiger partial charge on any atom is -0.466 e. The Balaban J connectivity index is 1.78. The molecule has 0 spiro atoms. The van der Waals surface area contributed by atoms with Crippen LogP contribution in [-0.2, 0) is 9.53 Å². The van der Waals surface area contributed by atoms with Gasteiger partial charge in [-0.2, -0.15) is 14.6 Å². The van der Waals surface area contributed by atoms with Gasteiger partial charge in [0.2, 0.25) is 0 Å². The molecule has 0 aliphatic heterocycles. The summed E-state index contributed by atoms with van der Waals surface area (Å²) in [7, 11) is -1.24. The third kappa shape index (κ3) is 4.96. The molecule has 2 aromatic rings. The predicted molar refractivity (Wildman–Crippen MR) is 116 cm³/mol. The van der Waals surface area contributed by atoms with Gasteiger partial charge < -0.3 is 10.5 Å². The van der Waals surface area contributed by atoms with Crippen LogP contribution in [0.3, 0.4) is 0 Å². The Morgan fingerprint density at radius 1 is 1.31 bits per heavy atom. The number of carbonyl (C=O) groups is 1. The Kier molecular flexibility index (Phi) is 6.27. The van der Waals surface area contributed by atoms with Gasteiger partial charge in [0.15, 0.2) is 0 Å². The van der Waals surface area contributed by atoms with E-state index in [1.54, 1.807) is 0 Å². The maximum Gasteiger partial charge on any atom is 0.313 e. The van der Waals surface area contributed by atoms with Crippen molar-refractivity contribution in [2.45, 2.75) is 71.1 Å². The zero-order valence-electron chi connectivity index (χ0n) is 17.9. The van der Waals surface area contributed by atoms with Crippen molar-refractivity contribution >= 4 is 25.6 Å². The molecule has 1 fully saturated rings. The summed E-state index contributed by atoms with van der Waals surface area (Å²) in [5, 5.41) is 4.09. The van der Waals surface area contributed by atoms with E-state index in [-0.39, 0.29) is 5.97 Å². The number of anilines is 1. The summed E-state index contributed by atoms with van der Waals surface area (Å²) >= 11 is 0. The normalized spacial score (nSPS) is 16.3. The van der Waals surface area contributed by atoms with Gasteiger partial charge in [0.25, 0.3) is 5.78 Å². The average molecular weight is 414 g/mol. The van der Waals surface area contributed by atoms with Crippen LogP contribution >= 0.6 is 0 Å². The number of esters is 1. The van der Waals surface area contributed by atoms with Crippen LogP contribution in [0, 0.1) is 24.2 Å². The molecule has 0 amide bonds. The summed E-state index contributed by atoms with van der Waals surface area (Å²) in [4.78, 5) is 21.5. The fourth-order valence-corrected chi connectivity index (χ4v) is 4.43. The smallest absolute Gasteiger partial charge is 0.313 e. The molecule has 2 aromatic heterocycles. The first-order valence-electron chi connectivity index (χ1n) is 10.3. The summed E-state index contributed by atoms with van der Waals surface area (Å²) in [5.74, 6) is 7.16. The Morgan fingerprint density at radius 2 is 2.03 bits per heavy atom. The molecule has 1 aliphatic carbocycles. The number of aromatic nitrogens is 4. The highest BCUT2D eigenvalue weighted by atomic mass is 28.3. The van der Waals surface area contributed by atoms with Crippen LogP contribution in [0.15, 0.2) is 6.33 Å². The summed E-state index contributed by atoms with van der Waals surface area (Å²) in [6, 6.07) is 0.986. The lowest BCUT2D eigenvalue weighted by atomic mass is 9.72. The van der Waals surface area contributed by atoms with Crippen LogP contribution in [0.4, 0.5) is 5.82 Å². The van der Waals surface area contributed by atoms with Crippen LogP contribution < -0.4 is 5.73 Å². The lowest BCUT2D eigenvalue weighted by Gasteiger charge is -2.33. The highest BCUT2D eigenvalue weighted by molar-refractivity contribution is 6.76. The minimum absolute atomic E-state index is 0.0840. The lowest BCUT2D eigenvalue weighted by Crippen LogP contribution is -2.36. The van der Waals surface area contributed by atoms with Gasteiger partial charge in [-0.05, 0) is 25.8 Å². The quantitative estimate of drug-likeness (QED) is 0.457. The second-order valence-corrected chi connectivity index (χ2v) is 14.8. The number of fused-ring (bicyclic) bond motifs is 1. The van der Waals surface area contributed by atoms with Crippen molar-refractivity contribution < 1.29 is 9.53 Å². The largest absolute Gasteiger partial charge is 0.466 e. The number of ether oxygens (including phenoxy) is 1. The summed E-state index contributed by atoms with van der Waals surface area (Å²) < 4.78 is 7.21. The number of aryl methyl sites for hydroxylation is 1. The summed E-state index contributed by atoms with van der Waals surface area (Å²) in [6.45, 7) is 9.24. The van der Waals surface area contributed by atoms with Crippen LogP contribution in [0.1, 0.15) is 49.8 Å².